The molecule has 6 nitrogen and oxygen atoms in total. The van der Waals surface area contributed by atoms with E-state index in [1.54, 1.807) is 36.6 Å². The predicted octanol–water partition coefficient (Wildman–Crippen LogP) is 1.57. The predicted molar refractivity (Wildman–Crippen MR) is 90.5 cm³/mol. The molecule has 1 aromatic heterocycles. The first-order valence-electron chi connectivity index (χ1n) is 6.97. The van der Waals surface area contributed by atoms with Crippen molar-refractivity contribution in [1.82, 2.24) is 9.44 Å². The average Bonchev–Trinajstić information content (AvgIpc) is 3.03. The van der Waals surface area contributed by atoms with Crippen LogP contribution in [0.5, 0.6) is 0 Å². The molecule has 0 unspecified atom stereocenters. The zero-order chi connectivity index (χ0) is 16.9. The molecule has 0 radical (unpaired) electrons. The maximum atomic E-state index is 12.0. The third-order valence-corrected chi connectivity index (χ3v) is 7.45. The summed E-state index contributed by atoms with van der Waals surface area (Å²) >= 11 is 1.16. The molecule has 126 valence electrons. The van der Waals surface area contributed by atoms with Gasteiger partial charge in [-0.15, -0.1) is 11.3 Å². The van der Waals surface area contributed by atoms with E-state index in [9.17, 15) is 16.8 Å². The van der Waals surface area contributed by atoms with Crippen molar-refractivity contribution in [3.8, 4) is 0 Å². The van der Waals surface area contributed by atoms with Crippen molar-refractivity contribution < 1.29 is 16.8 Å². The van der Waals surface area contributed by atoms with Crippen LogP contribution in [0, 0.1) is 0 Å². The van der Waals surface area contributed by atoms with Gasteiger partial charge in [0.05, 0.1) is 4.90 Å². The van der Waals surface area contributed by atoms with Crippen molar-refractivity contribution in [2.24, 2.45) is 0 Å². The highest BCUT2D eigenvalue weighted by Crippen LogP contribution is 2.15. The number of hydrogen-bond acceptors (Lipinski definition) is 5. The van der Waals surface area contributed by atoms with Crippen LogP contribution in [0.4, 0.5) is 0 Å². The van der Waals surface area contributed by atoms with Gasteiger partial charge in [0.2, 0.25) is 20.0 Å². The molecule has 0 aliphatic heterocycles. The molecule has 0 fully saturated rings. The second-order valence-electron chi connectivity index (χ2n) is 4.73. The van der Waals surface area contributed by atoms with Crippen molar-refractivity contribution >= 4 is 31.4 Å². The van der Waals surface area contributed by atoms with Crippen LogP contribution in [0.1, 0.15) is 12.5 Å². The van der Waals surface area contributed by atoms with Crippen molar-refractivity contribution in [3.63, 3.8) is 0 Å². The van der Waals surface area contributed by atoms with Crippen molar-refractivity contribution in [2.45, 2.75) is 22.4 Å². The van der Waals surface area contributed by atoms with Gasteiger partial charge in [-0.05, 0) is 35.6 Å². The van der Waals surface area contributed by atoms with E-state index >= 15 is 0 Å². The van der Waals surface area contributed by atoms with E-state index in [1.807, 2.05) is 0 Å². The fraction of sp³-hybridized carbons (Fsp3) is 0.286. The minimum atomic E-state index is -3.46. The summed E-state index contributed by atoms with van der Waals surface area (Å²) in [6.07, 6.45) is 0.478. The second kappa shape index (κ2) is 7.54. The Morgan fingerprint density at radius 3 is 2.22 bits per heavy atom. The summed E-state index contributed by atoms with van der Waals surface area (Å²) in [5, 5.41) is 1.71. The van der Waals surface area contributed by atoms with Gasteiger partial charge in [-0.25, -0.2) is 26.3 Å². The Kier molecular flexibility index (Phi) is 5.93. The van der Waals surface area contributed by atoms with Gasteiger partial charge in [0.25, 0.3) is 0 Å². The normalized spacial score (nSPS) is 12.4. The molecular weight excluding hydrogens is 356 g/mol. The molecule has 1 heterocycles. The van der Waals surface area contributed by atoms with E-state index in [0.717, 1.165) is 16.9 Å². The van der Waals surface area contributed by atoms with Gasteiger partial charge in [0.1, 0.15) is 4.21 Å². The molecule has 0 amide bonds. The molecule has 0 aliphatic carbocycles. The van der Waals surface area contributed by atoms with Gasteiger partial charge >= 0.3 is 0 Å². The molecule has 0 saturated carbocycles. The topological polar surface area (TPSA) is 92.3 Å². The fourth-order valence-corrected chi connectivity index (χ4v) is 5.04. The number of hydrogen-bond donors (Lipinski definition) is 2. The SMILES string of the molecule is CCNS(=O)(=O)c1ccc(CCNS(=O)(=O)c2cccs2)cc1. The number of thiophene rings is 1. The quantitative estimate of drug-likeness (QED) is 0.733. The average molecular weight is 375 g/mol. The van der Waals surface area contributed by atoms with Gasteiger partial charge in [-0.1, -0.05) is 25.1 Å². The minimum absolute atomic E-state index is 0.197. The first-order chi connectivity index (χ1) is 10.8. The van der Waals surface area contributed by atoms with Crippen molar-refractivity contribution in [1.29, 1.82) is 0 Å². The lowest BCUT2D eigenvalue weighted by Crippen LogP contribution is -2.25. The van der Waals surface area contributed by atoms with E-state index < -0.39 is 20.0 Å². The standard InChI is InChI=1S/C14H18N2O4S3/c1-2-15-22(17,18)13-7-5-12(6-8-13)9-10-16-23(19,20)14-4-3-11-21-14/h3-8,11,15-16H,2,9-10H2,1H3. The summed E-state index contributed by atoms with van der Waals surface area (Å²) < 4.78 is 52.8. The lowest BCUT2D eigenvalue weighted by atomic mass is 10.2. The highest BCUT2D eigenvalue weighted by molar-refractivity contribution is 7.91. The number of sulfonamides is 2. The molecular formula is C14H18N2O4S3. The van der Waals surface area contributed by atoms with Gasteiger partial charge in [-0.3, -0.25) is 0 Å². The zero-order valence-electron chi connectivity index (χ0n) is 12.5. The Morgan fingerprint density at radius 1 is 0.957 bits per heavy atom. The van der Waals surface area contributed by atoms with E-state index in [0.29, 0.717) is 13.0 Å². The Morgan fingerprint density at radius 2 is 1.65 bits per heavy atom. The summed E-state index contributed by atoms with van der Waals surface area (Å²) in [7, 11) is -6.92. The number of rotatable bonds is 8. The van der Waals surface area contributed by atoms with Crippen LogP contribution >= 0.6 is 11.3 Å². The van der Waals surface area contributed by atoms with E-state index in [-0.39, 0.29) is 15.6 Å². The third-order valence-electron chi connectivity index (χ3n) is 3.03. The fourth-order valence-electron chi connectivity index (χ4n) is 1.93. The molecule has 2 aromatic rings. The number of benzene rings is 1. The van der Waals surface area contributed by atoms with Crippen LogP contribution in [-0.2, 0) is 26.5 Å². The summed E-state index contributed by atoms with van der Waals surface area (Å²) in [6, 6.07) is 9.63. The summed E-state index contributed by atoms with van der Waals surface area (Å²) in [4.78, 5) is 0.197. The molecule has 1 aromatic carbocycles. The molecule has 0 bridgehead atoms. The monoisotopic (exact) mass is 374 g/mol. The summed E-state index contributed by atoms with van der Waals surface area (Å²) in [5.74, 6) is 0. The molecule has 2 rings (SSSR count). The van der Waals surface area contributed by atoms with Crippen LogP contribution in [0.25, 0.3) is 0 Å². The zero-order valence-corrected chi connectivity index (χ0v) is 15.0. The maximum absolute atomic E-state index is 12.0. The first-order valence-corrected chi connectivity index (χ1v) is 10.8. The Hall–Kier alpha value is -1.26. The Balaban J connectivity index is 1.95. The van der Waals surface area contributed by atoms with Crippen molar-refractivity contribution in [3.05, 3.63) is 47.3 Å². The van der Waals surface area contributed by atoms with Crippen molar-refractivity contribution in [2.75, 3.05) is 13.1 Å². The molecule has 9 heteroatoms. The van der Waals surface area contributed by atoms with E-state index in [1.165, 1.54) is 12.1 Å². The summed E-state index contributed by atoms with van der Waals surface area (Å²) in [6.45, 7) is 2.29. The largest absolute Gasteiger partial charge is 0.250 e. The molecule has 0 atom stereocenters. The molecule has 0 spiro atoms. The van der Waals surface area contributed by atoms with Crippen LogP contribution in [0.3, 0.4) is 0 Å². The minimum Gasteiger partial charge on any atom is -0.211 e. The van der Waals surface area contributed by atoms with E-state index in [2.05, 4.69) is 9.44 Å². The highest BCUT2D eigenvalue weighted by atomic mass is 32.2. The summed E-state index contributed by atoms with van der Waals surface area (Å²) in [5.41, 5.74) is 0.856. The second-order valence-corrected chi connectivity index (χ2v) is 9.43. The smallest absolute Gasteiger partial charge is 0.211 e. The van der Waals surface area contributed by atoms with Crippen LogP contribution in [0.2, 0.25) is 0 Å². The Labute approximate surface area is 140 Å². The van der Waals surface area contributed by atoms with Gasteiger partial charge < -0.3 is 0 Å². The maximum Gasteiger partial charge on any atom is 0.250 e. The van der Waals surface area contributed by atoms with Gasteiger partial charge in [0, 0.05) is 13.1 Å². The first kappa shape index (κ1) is 18.1. The van der Waals surface area contributed by atoms with Crippen LogP contribution in [-0.4, -0.2) is 29.9 Å². The molecule has 23 heavy (non-hydrogen) atoms. The number of nitrogens with one attached hydrogen (secondary N) is 2. The molecule has 0 aliphatic rings. The molecule has 2 N–H and O–H groups in total. The van der Waals surface area contributed by atoms with E-state index in [4.69, 9.17) is 0 Å². The van der Waals surface area contributed by atoms with Gasteiger partial charge in [0.15, 0.2) is 0 Å². The van der Waals surface area contributed by atoms with Crippen LogP contribution in [0.15, 0.2) is 50.9 Å². The lowest BCUT2D eigenvalue weighted by Gasteiger charge is -2.07. The third kappa shape index (κ3) is 4.85. The molecule has 0 saturated heterocycles. The lowest BCUT2D eigenvalue weighted by molar-refractivity contribution is 0.582. The van der Waals surface area contributed by atoms with Gasteiger partial charge in [-0.2, -0.15) is 0 Å². The highest BCUT2D eigenvalue weighted by Gasteiger charge is 2.14. The van der Waals surface area contributed by atoms with Crippen LogP contribution < -0.4 is 9.44 Å². The Bertz CT molecular complexity index is 827.